The zero-order chi connectivity index (χ0) is 20.4. The van der Waals surface area contributed by atoms with Gasteiger partial charge in [0.15, 0.2) is 16.7 Å². The minimum Gasteiger partial charge on any atom is -0.454 e. The van der Waals surface area contributed by atoms with E-state index < -0.39 is 21.7 Å². The molecule has 0 atom stereocenters. The Morgan fingerprint density at radius 1 is 1.10 bits per heavy atom. The highest BCUT2D eigenvalue weighted by Crippen LogP contribution is 2.35. The van der Waals surface area contributed by atoms with E-state index in [2.05, 4.69) is 19.9 Å². The maximum absolute atomic E-state index is 14.6. The first kappa shape index (κ1) is 19.0. The third-order valence-corrected chi connectivity index (χ3v) is 5.99. The predicted molar refractivity (Wildman–Crippen MR) is 103 cm³/mol. The van der Waals surface area contributed by atoms with E-state index in [-0.39, 0.29) is 21.5 Å². The second-order valence-corrected chi connectivity index (χ2v) is 8.34. The molecule has 4 aromatic rings. The van der Waals surface area contributed by atoms with Crippen LogP contribution in [0, 0.1) is 11.6 Å². The summed E-state index contributed by atoms with van der Waals surface area (Å²) in [5.41, 5.74) is 0.909. The Labute approximate surface area is 168 Å². The first-order valence-electron chi connectivity index (χ1n) is 8.11. The molecular weight excluding hydrogens is 422 g/mol. The minimum atomic E-state index is -4.00. The van der Waals surface area contributed by atoms with Gasteiger partial charge in [-0.2, -0.15) is 5.10 Å². The van der Waals surface area contributed by atoms with Crippen LogP contribution in [-0.4, -0.2) is 23.6 Å². The highest BCUT2D eigenvalue weighted by atomic mass is 32.2. The molecule has 0 fully saturated rings. The van der Waals surface area contributed by atoms with Crippen molar-refractivity contribution in [3.05, 3.63) is 72.0 Å². The number of benzene rings is 2. The van der Waals surface area contributed by atoms with Crippen LogP contribution < -0.4 is 9.46 Å². The Kier molecular flexibility index (Phi) is 4.99. The fourth-order valence-corrected chi connectivity index (χ4v) is 4.31. The number of halogens is 2. The maximum Gasteiger partial charge on any atom is 0.263 e. The van der Waals surface area contributed by atoms with Gasteiger partial charge in [0, 0.05) is 28.9 Å². The molecule has 0 saturated heterocycles. The molecule has 0 aliphatic rings. The van der Waals surface area contributed by atoms with Crippen LogP contribution in [0.1, 0.15) is 0 Å². The number of anilines is 1. The number of hydrogen-bond acceptors (Lipinski definition) is 6. The summed E-state index contributed by atoms with van der Waals surface area (Å²) in [6.07, 6.45) is 4.45. The summed E-state index contributed by atoms with van der Waals surface area (Å²) < 4.78 is 60.8. The fourth-order valence-electron chi connectivity index (χ4n) is 2.51. The number of rotatable bonds is 6. The van der Waals surface area contributed by atoms with Gasteiger partial charge in [-0.3, -0.25) is 9.82 Å². The van der Waals surface area contributed by atoms with Crippen LogP contribution >= 0.6 is 11.3 Å². The molecule has 0 aliphatic carbocycles. The summed E-state index contributed by atoms with van der Waals surface area (Å²) in [7, 11) is -4.00. The third-order valence-electron chi connectivity index (χ3n) is 3.84. The van der Waals surface area contributed by atoms with E-state index in [4.69, 9.17) is 4.74 Å². The molecule has 0 unspecified atom stereocenters. The van der Waals surface area contributed by atoms with Gasteiger partial charge in [-0.05, 0) is 36.4 Å². The molecular formula is C18H12F2N4O3S2. The molecule has 148 valence electrons. The summed E-state index contributed by atoms with van der Waals surface area (Å²) in [4.78, 5) is 3.55. The van der Waals surface area contributed by atoms with Crippen molar-refractivity contribution < 1.29 is 21.9 Å². The Morgan fingerprint density at radius 3 is 2.62 bits per heavy atom. The highest BCUT2D eigenvalue weighted by Gasteiger charge is 2.19. The molecule has 0 bridgehead atoms. The largest absolute Gasteiger partial charge is 0.454 e. The Morgan fingerprint density at radius 2 is 1.93 bits per heavy atom. The monoisotopic (exact) mass is 434 g/mol. The number of aromatic nitrogens is 3. The fraction of sp³-hybridized carbons (Fsp3) is 0. The standard InChI is InChI=1S/C18H12F2N4O3S2/c19-12-1-3-16(14(7-12)11-9-22-23-10-11)27-17-4-2-13(8-15(17)20)29(25,26)24-18-21-5-6-28-18/h1-10H,(H,21,24)(H,22,23). The topological polar surface area (TPSA) is 97.0 Å². The van der Waals surface area contributed by atoms with Crippen molar-refractivity contribution in [1.82, 2.24) is 15.2 Å². The SMILES string of the molecule is O=S(=O)(Nc1nccs1)c1ccc(Oc2ccc(F)cc2-c2cn[nH]c2)c(F)c1. The van der Waals surface area contributed by atoms with Crippen LogP contribution in [0.15, 0.2) is 65.3 Å². The summed E-state index contributed by atoms with van der Waals surface area (Å²) in [5, 5.41) is 8.20. The molecule has 2 aromatic carbocycles. The van der Waals surface area contributed by atoms with Gasteiger partial charge in [0.1, 0.15) is 11.6 Å². The van der Waals surface area contributed by atoms with Crippen molar-refractivity contribution in [3.63, 3.8) is 0 Å². The molecule has 0 amide bonds. The van der Waals surface area contributed by atoms with Crippen LogP contribution in [0.3, 0.4) is 0 Å². The van der Waals surface area contributed by atoms with Gasteiger partial charge in [0.05, 0.1) is 11.1 Å². The molecule has 4 rings (SSSR count). The van der Waals surface area contributed by atoms with Crippen LogP contribution in [0.25, 0.3) is 11.1 Å². The second-order valence-electron chi connectivity index (χ2n) is 5.76. The molecule has 2 heterocycles. The molecule has 29 heavy (non-hydrogen) atoms. The number of nitrogens with one attached hydrogen (secondary N) is 2. The van der Waals surface area contributed by atoms with E-state index in [1.54, 1.807) is 5.38 Å². The Balaban J connectivity index is 1.63. The van der Waals surface area contributed by atoms with Gasteiger partial charge in [0.25, 0.3) is 10.0 Å². The van der Waals surface area contributed by atoms with E-state index in [9.17, 15) is 17.2 Å². The summed E-state index contributed by atoms with van der Waals surface area (Å²) in [5.74, 6) is -1.42. The smallest absolute Gasteiger partial charge is 0.263 e. The van der Waals surface area contributed by atoms with E-state index >= 15 is 0 Å². The molecule has 7 nitrogen and oxygen atoms in total. The number of hydrogen-bond donors (Lipinski definition) is 2. The lowest BCUT2D eigenvalue weighted by Gasteiger charge is -2.12. The van der Waals surface area contributed by atoms with E-state index in [0.29, 0.717) is 11.1 Å². The minimum absolute atomic E-state index is 0.168. The third kappa shape index (κ3) is 4.10. The van der Waals surface area contributed by atoms with Gasteiger partial charge < -0.3 is 4.74 Å². The number of aromatic amines is 1. The van der Waals surface area contributed by atoms with Crippen LogP contribution in [0.5, 0.6) is 11.5 Å². The molecule has 0 spiro atoms. The lowest BCUT2D eigenvalue weighted by molar-refractivity contribution is 0.441. The van der Waals surface area contributed by atoms with Gasteiger partial charge in [-0.15, -0.1) is 11.3 Å². The normalized spacial score (nSPS) is 11.4. The van der Waals surface area contributed by atoms with Crippen LogP contribution in [-0.2, 0) is 10.0 Å². The first-order valence-corrected chi connectivity index (χ1v) is 10.5. The van der Waals surface area contributed by atoms with Crippen LogP contribution in [0.2, 0.25) is 0 Å². The van der Waals surface area contributed by atoms with Crippen molar-refractivity contribution in [2.24, 2.45) is 0 Å². The van der Waals surface area contributed by atoms with Crippen molar-refractivity contribution in [2.75, 3.05) is 4.72 Å². The molecule has 0 aliphatic heterocycles. The average molecular weight is 434 g/mol. The molecule has 0 saturated carbocycles. The molecule has 2 N–H and O–H groups in total. The zero-order valence-corrected chi connectivity index (χ0v) is 16.1. The molecule has 2 aromatic heterocycles. The van der Waals surface area contributed by atoms with Crippen molar-refractivity contribution >= 4 is 26.5 Å². The van der Waals surface area contributed by atoms with Gasteiger partial charge in [-0.25, -0.2) is 22.2 Å². The molecule has 11 heteroatoms. The van der Waals surface area contributed by atoms with E-state index in [1.165, 1.54) is 48.9 Å². The summed E-state index contributed by atoms with van der Waals surface area (Å²) in [6.45, 7) is 0. The summed E-state index contributed by atoms with van der Waals surface area (Å²) in [6, 6.07) is 6.99. The van der Waals surface area contributed by atoms with Crippen molar-refractivity contribution in [1.29, 1.82) is 0 Å². The number of H-pyrrole nitrogens is 1. The van der Waals surface area contributed by atoms with Gasteiger partial charge >= 0.3 is 0 Å². The second kappa shape index (κ2) is 7.60. The van der Waals surface area contributed by atoms with Crippen molar-refractivity contribution in [2.45, 2.75) is 4.90 Å². The quantitative estimate of drug-likeness (QED) is 0.469. The zero-order valence-electron chi connectivity index (χ0n) is 14.5. The lowest BCUT2D eigenvalue weighted by atomic mass is 10.1. The van der Waals surface area contributed by atoms with Crippen molar-refractivity contribution in [3.8, 4) is 22.6 Å². The number of nitrogens with zero attached hydrogens (tertiary/aromatic N) is 2. The highest BCUT2D eigenvalue weighted by molar-refractivity contribution is 7.93. The van der Waals surface area contributed by atoms with Gasteiger partial charge in [-0.1, -0.05) is 0 Å². The summed E-state index contributed by atoms with van der Waals surface area (Å²) >= 11 is 1.10. The number of sulfonamides is 1. The lowest BCUT2D eigenvalue weighted by Crippen LogP contribution is -2.13. The van der Waals surface area contributed by atoms with Gasteiger partial charge in [0.2, 0.25) is 0 Å². The number of thiazole rings is 1. The van der Waals surface area contributed by atoms with Crippen LogP contribution in [0.4, 0.5) is 13.9 Å². The van der Waals surface area contributed by atoms with E-state index in [0.717, 1.165) is 17.4 Å². The Bertz CT molecular complexity index is 1240. The Hall–Kier alpha value is -3.31. The molecule has 0 radical (unpaired) electrons. The average Bonchev–Trinajstić information content (AvgIpc) is 3.38. The maximum atomic E-state index is 14.6. The number of ether oxygens (including phenoxy) is 1. The first-order chi connectivity index (χ1) is 13.9. The van der Waals surface area contributed by atoms with E-state index in [1.807, 2.05) is 0 Å². The predicted octanol–water partition coefficient (Wildman–Crippen LogP) is 4.40.